The van der Waals surface area contributed by atoms with Crippen molar-refractivity contribution in [2.24, 2.45) is 5.92 Å². The lowest BCUT2D eigenvalue weighted by Crippen LogP contribution is -2.18. The summed E-state index contributed by atoms with van der Waals surface area (Å²) >= 11 is 0. The van der Waals surface area contributed by atoms with Gasteiger partial charge in [0.15, 0.2) is 0 Å². The Morgan fingerprint density at radius 1 is 0.333 bits per heavy atom. The molecule has 0 N–H and O–H groups in total. The minimum atomic E-state index is 0.114. The quantitative estimate of drug-likeness (QED) is 0.0351. The Morgan fingerprint density at radius 2 is 0.574 bits per heavy atom. The second-order valence-corrected chi connectivity index (χ2v) is 17.6. The predicted molar refractivity (Wildman–Crippen MR) is 244 cm³/mol. The third kappa shape index (κ3) is 43.9. The molecule has 54 heavy (non-hydrogen) atoms. The normalized spacial score (nSPS) is 12.3. The van der Waals surface area contributed by atoms with Crippen molar-refractivity contribution in [2.75, 3.05) is 6.61 Å². The monoisotopic (exact) mass is 759 g/mol. The minimum Gasteiger partial charge on any atom is -0.465 e. The largest absolute Gasteiger partial charge is 0.465 e. The molecule has 2 heteroatoms. The summed E-state index contributed by atoms with van der Waals surface area (Å²) in [6.45, 7) is 7.53. The Balaban J connectivity index is 4.11. The van der Waals surface area contributed by atoms with Crippen LogP contribution in [-0.2, 0) is 9.53 Å². The van der Waals surface area contributed by atoms with E-state index in [1.807, 2.05) is 0 Å². The molecule has 0 heterocycles. The number of hydrogen-bond donors (Lipinski definition) is 0. The van der Waals surface area contributed by atoms with Crippen molar-refractivity contribution in [1.82, 2.24) is 0 Å². The third-order valence-electron chi connectivity index (χ3n) is 12.0. The molecule has 0 bridgehead atoms. The van der Waals surface area contributed by atoms with Crippen LogP contribution in [-0.4, -0.2) is 12.6 Å². The Labute approximate surface area is 342 Å². The van der Waals surface area contributed by atoms with Crippen molar-refractivity contribution in [3.05, 3.63) is 12.2 Å². The van der Waals surface area contributed by atoms with Gasteiger partial charge in [-0.3, -0.25) is 4.79 Å². The topological polar surface area (TPSA) is 26.3 Å². The van der Waals surface area contributed by atoms with Crippen LogP contribution >= 0.6 is 0 Å². The number of unbranched alkanes of at least 4 members (excludes halogenated alkanes) is 38. The Morgan fingerprint density at radius 3 is 0.870 bits per heavy atom. The molecule has 322 valence electrons. The smallest absolute Gasteiger partial charge is 0.308 e. The third-order valence-corrected chi connectivity index (χ3v) is 12.0. The molecule has 1 unspecified atom stereocenters. The number of carbonyl (C=O) groups is 1. The number of allylic oxidation sites excluding steroid dienone is 2. The molecule has 0 saturated heterocycles. The maximum atomic E-state index is 13.2. The zero-order chi connectivity index (χ0) is 39.1. The summed E-state index contributed by atoms with van der Waals surface area (Å²) in [4.78, 5) is 13.2. The van der Waals surface area contributed by atoms with Crippen molar-refractivity contribution in [1.29, 1.82) is 0 Å². The van der Waals surface area contributed by atoms with Gasteiger partial charge in [0.1, 0.15) is 0 Å². The van der Waals surface area contributed by atoms with Gasteiger partial charge in [-0.2, -0.15) is 0 Å². The molecule has 0 saturated carbocycles. The molecule has 0 aromatic carbocycles. The first-order chi connectivity index (χ1) is 26.8. The van der Waals surface area contributed by atoms with Gasteiger partial charge in [0.2, 0.25) is 0 Å². The van der Waals surface area contributed by atoms with Crippen LogP contribution in [0, 0.1) is 5.92 Å². The zero-order valence-electron chi connectivity index (χ0n) is 37.9. The number of esters is 1. The van der Waals surface area contributed by atoms with Crippen molar-refractivity contribution in [3.8, 4) is 0 Å². The first-order valence-electron chi connectivity index (χ1n) is 25.6. The van der Waals surface area contributed by atoms with E-state index >= 15 is 0 Å². The highest BCUT2D eigenvalue weighted by Crippen LogP contribution is 2.22. The van der Waals surface area contributed by atoms with Crippen molar-refractivity contribution in [3.63, 3.8) is 0 Å². The summed E-state index contributed by atoms with van der Waals surface area (Å²) in [6, 6.07) is 0. The van der Waals surface area contributed by atoms with Crippen molar-refractivity contribution >= 4 is 5.97 Å². The van der Waals surface area contributed by atoms with E-state index in [1.165, 1.54) is 263 Å². The minimum absolute atomic E-state index is 0.114. The van der Waals surface area contributed by atoms with E-state index < -0.39 is 0 Å². The van der Waals surface area contributed by atoms with Gasteiger partial charge in [-0.15, -0.1) is 0 Å². The van der Waals surface area contributed by atoms with E-state index in [9.17, 15) is 4.79 Å². The molecule has 0 rings (SSSR count). The summed E-state index contributed by atoms with van der Waals surface area (Å²) in [5, 5.41) is 0. The molecule has 0 aliphatic rings. The molecule has 0 radical (unpaired) electrons. The lowest BCUT2D eigenvalue weighted by molar-refractivity contribution is -0.149. The van der Waals surface area contributed by atoms with Crippen LogP contribution in [0.15, 0.2) is 12.2 Å². The van der Waals surface area contributed by atoms with Gasteiger partial charge in [0, 0.05) is 0 Å². The fourth-order valence-electron chi connectivity index (χ4n) is 8.19. The van der Waals surface area contributed by atoms with Crippen LogP contribution in [0.4, 0.5) is 0 Å². The summed E-state index contributed by atoms with van der Waals surface area (Å²) in [6.07, 6.45) is 64.1. The highest BCUT2D eigenvalue weighted by atomic mass is 16.5. The van der Waals surface area contributed by atoms with Crippen molar-refractivity contribution in [2.45, 2.75) is 303 Å². The van der Waals surface area contributed by atoms with Crippen LogP contribution in [0.1, 0.15) is 303 Å². The second kappa shape index (κ2) is 48.4. The van der Waals surface area contributed by atoms with E-state index in [2.05, 4.69) is 32.9 Å². The Hall–Kier alpha value is -0.790. The molecule has 0 spiro atoms. The average Bonchev–Trinajstić information content (AvgIpc) is 3.18. The van der Waals surface area contributed by atoms with Gasteiger partial charge < -0.3 is 4.74 Å². The van der Waals surface area contributed by atoms with E-state index in [4.69, 9.17) is 4.74 Å². The molecule has 0 aromatic heterocycles. The Kier molecular flexibility index (Phi) is 47.7. The van der Waals surface area contributed by atoms with E-state index in [0.29, 0.717) is 6.61 Å². The zero-order valence-corrected chi connectivity index (χ0v) is 37.9. The summed E-state index contributed by atoms with van der Waals surface area (Å²) in [5.74, 6) is 0.240. The first-order valence-corrected chi connectivity index (χ1v) is 25.6. The maximum Gasteiger partial charge on any atom is 0.308 e. The predicted octanol–water partition coefficient (Wildman–Crippen LogP) is 18.9. The highest BCUT2D eigenvalue weighted by Gasteiger charge is 2.19. The SMILES string of the molecule is CCCCCCCC/C=C\CCCCCCC(CCCCCCCCCCCCCCCCCC)C(=O)OCCCCCCCCCCCCCCCC. The van der Waals surface area contributed by atoms with Crippen LogP contribution < -0.4 is 0 Å². The summed E-state index contributed by atoms with van der Waals surface area (Å²) in [5.41, 5.74) is 0. The molecule has 2 nitrogen and oxygen atoms in total. The van der Waals surface area contributed by atoms with Gasteiger partial charge >= 0.3 is 5.97 Å². The van der Waals surface area contributed by atoms with Crippen molar-refractivity contribution < 1.29 is 9.53 Å². The molecule has 0 aromatic rings. The molecule has 0 aliphatic heterocycles. The number of carbonyl (C=O) groups excluding carboxylic acids is 1. The number of hydrogen-bond acceptors (Lipinski definition) is 2. The standard InChI is InChI=1S/C52H102O2/c1-4-7-10-13-16-19-22-25-28-29-31-34-37-40-43-46-49-51(48-45-42-39-36-33-30-26-23-20-17-14-11-8-5-2)52(53)54-50-47-44-41-38-35-32-27-24-21-18-15-12-9-6-3/h26,30,51H,4-25,27-29,31-50H2,1-3H3/b30-26-. The summed E-state index contributed by atoms with van der Waals surface area (Å²) < 4.78 is 5.91. The average molecular weight is 759 g/mol. The Bertz CT molecular complexity index is 713. The molecule has 0 fully saturated rings. The van der Waals surface area contributed by atoms with Crippen LogP contribution in [0.2, 0.25) is 0 Å². The lowest BCUT2D eigenvalue weighted by atomic mass is 9.94. The highest BCUT2D eigenvalue weighted by molar-refractivity contribution is 5.72. The fourth-order valence-corrected chi connectivity index (χ4v) is 8.19. The van der Waals surface area contributed by atoms with Gasteiger partial charge in [0.25, 0.3) is 0 Å². The molecule has 1 atom stereocenters. The molecule has 0 amide bonds. The summed E-state index contributed by atoms with van der Waals surface area (Å²) in [7, 11) is 0. The van der Waals surface area contributed by atoms with Crippen LogP contribution in [0.25, 0.3) is 0 Å². The second-order valence-electron chi connectivity index (χ2n) is 17.6. The molecular weight excluding hydrogens is 657 g/mol. The first kappa shape index (κ1) is 53.2. The van der Waals surface area contributed by atoms with Gasteiger partial charge in [-0.25, -0.2) is 0 Å². The van der Waals surface area contributed by atoms with Crippen LogP contribution in [0.3, 0.4) is 0 Å². The lowest BCUT2D eigenvalue weighted by Gasteiger charge is -2.16. The van der Waals surface area contributed by atoms with Gasteiger partial charge in [0.05, 0.1) is 12.5 Å². The van der Waals surface area contributed by atoms with E-state index in [-0.39, 0.29) is 11.9 Å². The van der Waals surface area contributed by atoms with E-state index in [1.54, 1.807) is 0 Å². The maximum absolute atomic E-state index is 13.2. The number of rotatable bonds is 47. The molecular formula is C52H102O2. The number of ether oxygens (including phenoxy) is 1. The molecule has 0 aliphatic carbocycles. The van der Waals surface area contributed by atoms with E-state index in [0.717, 1.165) is 19.3 Å². The van der Waals surface area contributed by atoms with Gasteiger partial charge in [-0.1, -0.05) is 270 Å². The van der Waals surface area contributed by atoms with Crippen LogP contribution in [0.5, 0.6) is 0 Å². The van der Waals surface area contributed by atoms with Gasteiger partial charge in [-0.05, 0) is 44.9 Å². The fraction of sp³-hybridized carbons (Fsp3) is 0.942.